The molecule has 136 valence electrons. The first kappa shape index (κ1) is 17.4. The van der Waals surface area contributed by atoms with E-state index in [4.69, 9.17) is 0 Å². The van der Waals surface area contributed by atoms with Crippen molar-refractivity contribution in [3.63, 3.8) is 0 Å². The molecule has 3 aromatic rings. The number of halogens is 3. The number of rotatable bonds is 3. The van der Waals surface area contributed by atoms with Crippen molar-refractivity contribution in [3.8, 4) is 5.69 Å². The molecule has 1 aliphatic rings. The maximum atomic E-state index is 13.4. The Hall–Kier alpha value is -2.02. The van der Waals surface area contributed by atoms with Gasteiger partial charge >= 0.3 is 5.69 Å². The van der Waals surface area contributed by atoms with Gasteiger partial charge in [-0.1, -0.05) is 18.2 Å². The Morgan fingerprint density at radius 2 is 1.88 bits per heavy atom. The van der Waals surface area contributed by atoms with E-state index >= 15 is 0 Å². The Balaban J connectivity index is 1.79. The summed E-state index contributed by atoms with van der Waals surface area (Å²) in [5, 5.41) is 0. The van der Waals surface area contributed by atoms with Gasteiger partial charge in [0.25, 0.3) is 0 Å². The van der Waals surface area contributed by atoms with Crippen molar-refractivity contribution in [2.24, 2.45) is 5.92 Å². The van der Waals surface area contributed by atoms with Crippen molar-refractivity contribution in [1.82, 2.24) is 14.1 Å². The van der Waals surface area contributed by atoms with Gasteiger partial charge in [-0.25, -0.2) is 23.1 Å². The average molecular weight is 422 g/mol. The maximum absolute atomic E-state index is 13.4. The van der Waals surface area contributed by atoms with Crippen LogP contribution in [-0.4, -0.2) is 20.0 Å². The third-order valence-corrected chi connectivity index (χ3v) is 5.46. The third kappa shape index (κ3) is 3.20. The zero-order valence-corrected chi connectivity index (χ0v) is 15.6. The Kier molecular flexibility index (Phi) is 4.42. The van der Waals surface area contributed by atoms with Gasteiger partial charge in [0.2, 0.25) is 5.92 Å². The molecule has 0 unspecified atom stereocenters. The van der Waals surface area contributed by atoms with Gasteiger partial charge < -0.3 is 0 Å². The Morgan fingerprint density at radius 1 is 1.19 bits per heavy atom. The quantitative estimate of drug-likeness (QED) is 0.610. The van der Waals surface area contributed by atoms with Crippen molar-refractivity contribution in [3.05, 3.63) is 57.6 Å². The van der Waals surface area contributed by atoms with Crippen molar-refractivity contribution in [1.29, 1.82) is 0 Å². The molecule has 0 N–H and O–H groups in total. The predicted octanol–water partition coefficient (Wildman–Crippen LogP) is 4.78. The second-order valence-electron chi connectivity index (χ2n) is 6.86. The molecule has 1 fully saturated rings. The number of hydrogen-bond acceptors (Lipinski definition) is 2. The van der Waals surface area contributed by atoms with Crippen molar-refractivity contribution >= 4 is 27.1 Å². The lowest BCUT2D eigenvalue weighted by Crippen LogP contribution is -2.30. The fraction of sp³-hybridized carbons (Fsp3) is 0.368. The van der Waals surface area contributed by atoms with Crippen LogP contribution < -0.4 is 5.69 Å². The van der Waals surface area contributed by atoms with Crippen molar-refractivity contribution < 1.29 is 8.78 Å². The SMILES string of the molecule is O=c1n(CC2CCC(F)(F)CC2)c2cc(Br)cnc2n1-c1ccccc1. The minimum atomic E-state index is -2.57. The zero-order valence-electron chi connectivity index (χ0n) is 14.0. The molecule has 0 amide bonds. The number of pyridine rings is 1. The van der Waals surface area contributed by atoms with Gasteiger partial charge in [-0.2, -0.15) is 0 Å². The standard InChI is InChI=1S/C19H18BrF2N3O/c20-14-10-16-17(23-11-14)25(15-4-2-1-3-5-15)18(26)24(16)12-13-6-8-19(21,22)9-7-13/h1-5,10-11,13H,6-9,12H2. The van der Waals surface area contributed by atoms with E-state index in [9.17, 15) is 13.6 Å². The number of para-hydroxylation sites is 1. The highest BCUT2D eigenvalue weighted by atomic mass is 79.9. The van der Waals surface area contributed by atoms with Crippen LogP contribution in [0.2, 0.25) is 0 Å². The van der Waals surface area contributed by atoms with Crippen LogP contribution in [0.4, 0.5) is 8.78 Å². The van der Waals surface area contributed by atoms with Gasteiger partial charge in [0, 0.05) is 30.1 Å². The van der Waals surface area contributed by atoms with Gasteiger partial charge in [-0.15, -0.1) is 0 Å². The topological polar surface area (TPSA) is 39.8 Å². The third-order valence-electron chi connectivity index (χ3n) is 5.03. The summed E-state index contributed by atoms with van der Waals surface area (Å²) in [5.74, 6) is -2.49. The molecule has 7 heteroatoms. The highest BCUT2D eigenvalue weighted by Gasteiger charge is 2.35. The molecule has 0 saturated heterocycles. The molecular formula is C19H18BrF2N3O. The molecule has 1 saturated carbocycles. The molecule has 26 heavy (non-hydrogen) atoms. The molecule has 1 aromatic carbocycles. The smallest absolute Gasteiger partial charge is 0.290 e. The molecule has 1 aliphatic carbocycles. The van der Waals surface area contributed by atoms with Gasteiger partial charge in [-0.05, 0) is 52.9 Å². The first-order valence-electron chi connectivity index (χ1n) is 8.65. The van der Waals surface area contributed by atoms with Crippen molar-refractivity contribution in [2.45, 2.75) is 38.2 Å². The summed E-state index contributed by atoms with van der Waals surface area (Å²) < 4.78 is 30.9. The Labute approximate surface area is 157 Å². The molecule has 4 nitrogen and oxygen atoms in total. The number of aromatic nitrogens is 3. The summed E-state index contributed by atoms with van der Waals surface area (Å²) >= 11 is 3.41. The van der Waals surface area contributed by atoms with Gasteiger partial charge in [0.1, 0.15) is 0 Å². The predicted molar refractivity (Wildman–Crippen MR) is 99.9 cm³/mol. The zero-order chi connectivity index (χ0) is 18.3. The fourth-order valence-corrected chi connectivity index (χ4v) is 3.95. The minimum Gasteiger partial charge on any atom is -0.290 e. The average Bonchev–Trinajstić information content (AvgIpc) is 2.89. The molecule has 0 radical (unpaired) electrons. The minimum absolute atomic E-state index is 0.0705. The fourth-order valence-electron chi connectivity index (χ4n) is 3.63. The first-order valence-corrected chi connectivity index (χ1v) is 9.44. The lowest BCUT2D eigenvalue weighted by Gasteiger charge is -2.28. The molecule has 0 spiro atoms. The van der Waals surface area contributed by atoms with Crippen LogP contribution >= 0.6 is 15.9 Å². The van der Waals surface area contributed by atoms with Crippen LogP contribution in [0.5, 0.6) is 0 Å². The lowest BCUT2D eigenvalue weighted by atomic mass is 9.87. The number of hydrogen-bond donors (Lipinski definition) is 0. The van der Waals surface area contributed by atoms with Crippen LogP contribution in [0.1, 0.15) is 25.7 Å². The second-order valence-corrected chi connectivity index (χ2v) is 7.78. The molecule has 2 heterocycles. The van der Waals surface area contributed by atoms with Crippen molar-refractivity contribution in [2.75, 3.05) is 0 Å². The molecule has 0 bridgehead atoms. The number of fused-ring (bicyclic) bond motifs is 1. The van der Waals surface area contributed by atoms with Gasteiger partial charge in [0.05, 0.1) is 11.2 Å². The summed E-state index contributed by atoms with van der Waals surface area (Å²) in [6.07, 6.45) is 2.31. The van der Waals surface area contributed by atoms with Crippen LogP contribution in [-0.2, 0) is 6.54 Å². The van der Waals surface area contributed by atoms with E-state index < -0.39 is 5.92 Å². The second kappa shape index (κ2) is 6.61. The van der Waals surface area contributed by atoms with E-state index in [-0.39, 0.29) is 24.4 Å². The number of benzene rings is 1. The van der Waals surface area contributed by atoms with Crippen LogP contribution in [0.3, 0.4) is 0 Å². The van der Waals surface area contributed by atoms with E-state index in [1.54, 1.807) is 15.3 Å². The maximum Gasteiger partial charge on any atom is 0.334 e. The Morgan fingerprint density at radius 3 is 2.58 bits per heavy atom. The molecule has 0 aliphatic heterocycles. The van der Waals surface area contributed by atoms with E-state index in [0.717, 1.165) is 10.2 Å². The lowest BCUT2D eigenvalue weighted by molar-refractivity contribution is -0.0473. The Bertz CT molecular complexity index is 987. The highest BCUT2D eigenvalue weighted by Crippen LogP contribution is 2.37. The number of imidazole rings is 1. The summed E-state index contributed by atoms with van der Waals surface area (Å²) in [7, 11) is 0. The molecule has 4 rings (SSSR count). The van der Waals surface area contributed by atoms with E-state index in [1.807, 2.05) is 36.4 Å². The summed E-state index contributed by atoms with van der Waals surface area (Å²) in [6, 6.07) is 11.2. The van der Waals surface area contributed by atoms with E-state index in [2.05, 4.69) is 20.9 Å². The molecule has 0 atom stereocenters. The normalized spacial score (nSPS) is 17.7. The summed E-state index contributed by atoms with van der Waals surface area (Å²) in [6.45, 7) is 0.434. The van der Waals surface area contributed by atoms with E-state index in [0.29, 0.717) is 30.6 Å². The highest BCUT2D eigenvalue weighted by molar-refractivity contribution is 9.10. The summed E-state index contributed by atoms with van der Waals surface area (Å²) in [4.78, 5) is 17.6. The molecule has 2 aromatic heterocycles. The number of alkyl halides is 2. The van der Waals surface area contributed by atoms with E-state index in [1.165, 1.54) is 0 Å². The first-order chi connectivity index (χ1) is 12.4. The largest absolute Gasteiger partial charge is 0.334 e. The number of nitrogens with zero attached hydrogens (tertiary/aromatic N) is 3. The van der Waals surface area contributed by atoms with Crippen LogP contribution in [0, 0.1) is 5.92 Å². The summed E-state index contributed by atoms with van der Waals surface area (Å²) in [5.41, 5.74) is 1.84. The van der Waals surface area contributed by atoms with Gasteiger partial charge in [-0.3, -0.25) is 4.57 Å². The van der Waals surface area contributed by atoms with Gasteiger partial charge in [0.15, 0.2) is 5.65 Å². The van der Waals surface area contributed by atoms with Crippen LogP contribution in [0.15, 0.2) is 51.9 Å². The van der Waals surface area contributed by atoms with Crippen LogP contribution in [0.25, 0.3) is 16.9 Å². The monoisotopic (exact) mass is 421 g/mol. The molecular weight excluding hydrogens is 404 g/mol.